The van der Waals surface area contributed by atoms with E-state index in [1.54, 1.807) is 7.05 Å². The Labute approximate surface area is 124 Å². The van der Waals surface area contributed by atoms with Gasteiger partial charge < -0.3 is 10.2 Å². The minimum absolute atomic E-state index is 0.112. The van der Waals surface area contributed by atoms with Crippen molar-refractivity contribution in [3.8, 4) is 0 Å². The number of nitrogens with one attached hydrogen (secondary N) is 1. The molecule has 2 aliphatic rings. The molecule has 5 heteroatoms. The van der Waals surface area contributed by atoms with Gasteiger partial charge in [0.15, 0.2) is 0 Å². The van der Waals surface area contributed by atoms with Crippen molar-refractivity contribution in [2.45, 2.75) is 38.5 Å². The second kappa shape index (κ2) is 5.62. The van der Waals surface area contributed by atoms with Crippen molar-refractivity contribution in [1.82, 2.24) is 9.88 Å². The first kappa shape index (κ1) is 14.3. The molecule has 1 N–H and O–H groups in total. The summed E-state index contributed by atoms with van der Waals surface area (Å²) < 4.78 is 13.4. The number of hydrogen-bond donors (Lipinski definition) is 1. The van der Waals surface area contributed by atoms with E-state index < -0.39 is 5.82 Å². The van der Waals surface area contributed by atoms with Gasteiger partial charge in [-0.05, 0) is 37.2 Å². The summed E-state index contributed by atoms with van der Waals surface area (Å²) in [6, 6.07) is 1.28. The largest absolute Gasteiger partial charge is 0.372 e. The Kier molecular flexibility index (Phi) is 3.83. The highest BCUT2D eigenvalue weighted by Gasteiger charge is 2.38. The van der Waals surface area contributed by atoms with Crippen LogP contribution in [0.4, 0.5) is 10.2 Å². The maximum Gasteiger partial charge on any atom is 0.257 e. The van der Waals surface area contributed by atoms with Crippen molar-refractivity contribution in [1.29, 1.82) is 0 Å². The molecule has 21 heavy (non-hydrogen) atoms. The molecule has 2 fully saturated rings. The van der Waals surface area contributed by atoms with E-state index in [0.29, 0.717) is 16.8 Å². The fraction of sp³-hybridized carbons (Fsp3) is 0.625. The maximum absolute atomic E-state index is 13.4. The first-order chi connectivity index (χ1) is 10.1. The molecule has 2 heterocycles. The summed E-state index contributed by atoms with van der Waals surface area (Å²) in [6.45, 7) is 1.55. The third-order valence-electron chi connectivity index (χ3n) is 5.10. The van der Waals surface area contributed by atoms with E-state index in [1.807, 2.05) is 4.90 Å². The molecule has 0 aromatic carbocycles. The zero-order chi connectivity index (χ0) is 14.9. The van der Waals surface area contributed by atoms with Crippen LogP contribution in [0.25, 0.3) is 0 Å². The van der Waals surface area contributed by atoms with Crippen LogP contribution in [0.15, 0.2) is 12.3 Å². The number of piperidine rings is 1. The van der Waals surface area contributed by atoms with Gasteiger partial charge in [0.05, 0.1) is 11.8 Å². The van der Waals surface area contributed by atoms with Crippen LogP contribution < -0.4 is 5.32 Å². The third kappa shape index (κ3) is 2.74. The first-order valence-electron chi connectivity index (χ1n) is 7.76. The fourth-order valence-corrected chi connectivity index (χ4v) is 3.78. The van der Waals surface area contributed by atoms with Crippen molar-refractivity contribution in [3.63, 3.8) is 0 Å². The van der Waals surface area contributed by atoms with Crippen molar-refractivity contribution < 1.29 is 9.18 Å². The lowest BCUT2D eigenvalue weighted by atomic mass is 9.77. The topological polar surface area (TPSA) is 45.2 Å². The maximum atomic E-state index is 13.4. The van der Waals surface area contributed by atoms with Gasteiger partial charge in [-0.15, -0.1) is 0 Å². The Bertz CT molecular complexity index is 530. The lowest BCUT2D eigenvalue weighted by Crippen LogP contribution is -2.42. The molecule has 3 rings (SSSR count). The molecule has 1 aliphatic carbocycles. The number of nitrogens with zero attached hydrogens (tertiary/aromatic N) is 2. The number of carbonyl (C=O) groups excluding carboxylic acids is 1. The van der Waals surface area contributed by atoms with Gasteiger partial charge in [-0.3, -0.25) is 4.79 Å². The summed E-state index contributed by atoms with van der Waals surface area (Å²) in [7, 11) is 1.70. The van der Waals surface area contributed by atoms with Crippen molar-refractivity contribution in [2.75, 3.05) is 25.5 Å². The molecule has 0 atom stereocenters. The van der Waals surface area contributed by atoms with Gasteiger partial charge in [0.25, 0.3) is 5.91 Å². The normalized spacial score (nSPS) is 20.8. The van der Waals surface area contributed by atoms with Gasteiger partial charge in [0, 0.05) is 20.1 Å². The molecule has 1 saturated carbocycles. The average Bonchev–Trinajstić information content (AvgIpc) is 2.95. The van der Waals surface area contributed by atoms with E-state index in [1.165, 1.54) is 31.7 Å². The quantitative estimate of drug-likeness (QED) is 0.911. The van der Waals surface area contributed by atoms with Crippen molar-refractivity contribution >= 4 is 11.7 Å². The van der Waals surface area contributed by atoms with Crippen LogP contribution in [-0.4, -0.2) is 35.9 Å². The van der Waals surface area contributed by atoms with Crippen molar-refractivity contribution in [3.05, 3.63) is 23.6 Å². The monoisotopic (exact) mass is 291 g/mol. The highest BCUT2D eigenvalue weighted by Crippen LogP contribution is 2.46. The van der Waals surface area contributed by atoms with E-state index in [9.17, 15) is 9.18 Å². The number of pyridine rings is 1. The number of carbonyl (C=O) groups is 1. The molecule has 1 aliphatic heterocycles. The lowest BCUT2D eigenvalue weighted by Gasteiger charge is -2.39. The summed E-state index contributed by atoms with van der Waals surface area (Å²) in [5.74, 6) is -0.136. The van der Waals surface area contributed by atoms with Crippen LogP contribution in [0.2, 0.25) is 0 Å². The summed E-state index contributed by atoms with van der Waals surface area (Å²) in [5.41, 5.74) is 0.808. The molecule has 1 aromatic rings. The Hall–Kier alpha value is -1.65. The van der Waals surface area contributed by atoms with Gasteiger partial charge in [0.2, 0.25) is 0 Å². The summed E-state index contributed by atoms with van der Waals surface area (Å²) in [5, 5.41) is 2.87. The van der Waals surface area contributed by atoms with E-state index in [0.717, 1.165) is 32.1 Å². The molecule has 114 valence electrons. The molecule has 1 spiro atoms. The molecular formula is C16H22FN3O. The van der Waals surface area contributed by atoms with E-state index in [-0.39, 0.29) is 5.91 Å². The predicted octanol–water partition coefficient (Wildman–Crippen LogP) is 3.06. The molecule has 1 saturated heterocycles. The van der Waals surface area contributed by atoms with Gasteiger partial charge in [-0.1, -0.05) is 12.8 Å². The smallest absolute Gasteiger partial charge is 0.257 e. The van der Waals surface area contributed by atoms with Gasteiger partial charge in [-0.2, -0.15) is 0 Å². The second-order valence-corrected chi connectivity index (χ2v) is 6.30. The third-order valence-corrected chi connectivity index (χ3v) is 5.10. The van der Waals surface area contributed by atoms with Crippen LogP contribution in [0.5, 0.6) is 0 Å². The van der Waals surface area contributed by atoms with Gasteiger partial charge in [0.1, 0.15) is 11.6 Å². The molecule has 1 aromatic heterocycles. The molecule has 0 radical (unpaired) electrons. The Morgan fingerprint density at radius 3 is 2.57 bits per heavy atom. The lowest BCUT2D eigenvalue weighted by molar-refractivity contribution is 0.0587. The van der Waals surface area contributed by atoms with E-state index in [4.69, 9.17) is 0 Å². The first-order valence-corrected chi connectivity index (χ1v) is 7.76. The summed E-state index contributed by atoms with van der Waals surface area (Å²) in [6.07, 6.45) is 8.55. The number of likely N-dealkylation sites (tertiary alicyclic amines) is 1. The molecule has 0 bridgehead atoms. The number of aromatic nitrogens is 1. The average molecular weight is 291 g/mol. The summed E-state index contributed by atoms with van der Waals surface area (Å²) in [4.78, 5) is 18.4. The Balaban J connectivity index is 1.73. The Morgan fingerprint density at radius 1 is 1.29 bits per heavy atom. The molecule has 0 unspecified atom stereocenters. The number of halogens is 1. The zero-order valence-corrected chi connectivity index (χ0v) is 12.5. The zero-order valence-electron chi connectivity index (χ0n) is 12.5. The molecule has 1 amide bonds. The summed E-state index contributed by atoms with van der Waals surface area (Å²) >= 11 is 0. The highest BCUT2D eigenvalue weighted by atomic mass is 19.1. The van der Waals surface area contributed by atoms with Crippen LogP contribution in [0.1, 0.15) is 48.9 Å². The van der Waals surface area contributed by atoms with E-state index >= 15 is 0 Å². The van der Waals surface area contributed by atoms with Crippen LogP contribution in [0, 0.1) is 11.2 Å². The van der Waals surface area contributed by atoms with E-state index in [2.05, 4.69) is 10.3 Å². The highest BCUT2D eigenvalue weighted by molar-refractivity contribution is 5.98. The minimum atomic E-state index is -0.471. The van der Waals surface area contributed by atoms with Crippen LogP contribution in [0.3, 0.4) is 0 Å². The number of hydrogen-bond acceptors (Lipinski definition) is 3. The Morgan fingerprint density at radius 2 is 1.95 bits per heavy atom. The van der Waals surface area contributed by atoms with Gasteiger partial charge >= 0.3 is 0 Å². The SMILES string of the molecule is CNc1ncc(F)cc1C(=O)N1CCC2(CCCC2)CC1. The van der Waals surface area contributed by atoms with Crippen molar-refractivity contribution in [2.24, 2.45) is 5.41 Å². The van der Waals surface area contributed by atoms with Crippen LogP contribution in [-0.2, 0) is 0 Å². The standard InChI is InChI=1S/C16H22FN3O/c1-18-14-13(10-12(17)11-19-14)15(21)20-8-6-16(7-9-20)4-2-3-5-16/h10-11H,2-9H2,1H3,(H,18,19). The number of rotatable bonds is 2. The molecule has 4 nitrogen and oxygen atoms in total. The van der Waals surface area contributed by atoms with Gasteiger partial charge in [-0.25, -0.2) is 9.37 Å². The predicted molar refractivity (Wildman–Crippen MR) is 79.8 cm³/mol. The minimum Gasteiger partial charge on any atom is -0.372 e. The second-order valence-electron chi connectivity index (χ2n) is 6.30. The van der Waals surface area contributed by atoms with Crippen LogP contribution >= 0.6 is 0 Å². The molecular weight excluding hydrogens is 269 g/mol. The fourth-order valence-electron chi connectivity index (χ4n) is 3.78. The number of anilines is 1. The number of amides is 1.